The molecule has 8 heteroatoms. The van der Waals surface area contributed by atoms with E-state index in [4.69, 9.17) is 9.47 Å². The average Bonchev–Trinajstić information content (AvgIpc) is 3.42. The lowest BCUT2D eigenvalue weighted by atomic mass is 10.1. The lowest BCUT2D eigenvalue weighted by molar-refractivity contribution is -0.127. The van der Waals surface area contributed by atoms with Gasteiger partial charge in [0.2, 0.25) is 10.0 Å². The Balaban J connectivity index is 1.43. The zero-order valence-corrected chi connectivity index (χ0v) is 17.8. The summed E-state index contributed by atoms with van der Waals surface area (Å²) in [4.78, 5) is 14.5. The highest BCUT2D eigenvalue weighted by Crippen LogP contribution is 2.33. The van der Waals surface area contributed by atoms with E-state index in [0.29, 0.717) is 25.3 Å². The van der Waals surface area contributed by atoms with E-state index >= 15 is 0 Å². The molecule has 30 heavy (non-hydrogen) atoms. The fraction of sp³-hybridized carbons (Fsp3) is 0.409. The van der Waals surface area contributed by atoms with Crippen molar-refractivity contribution in [1.29, 1.82) is 0 Å². The van der Waals surface area contributed by atoms with Crippen LogP contribution in [0.5, 0.6) is 5.75 Å². The molecule has 0 radical (unpaired) electrons. The maximum Gasteiger partial charge on any atom is 0.256 e. The molecule has 2 aromatic carbocycles. The van der Waals surface area contributed by atoms with E-state index in [-0.39, 0.29) is 17.8 Å². The molecule has 1 amide bonds. The van der Waals surface area contributed by atoms with Gasteiger partial charge in [-0.2, -0.15) is 0 Å². The Morgan fingerprint density at radius 3 is 2.73 bits per heavy atom. The highest BCUT2D eigenvalue weighted by atomic mass is 32.2. The van der Waals surface area contributed by atoms with Crippen LogP contribution in [0.2, 0.25) is 0 Å². The van der Waals surface area contributed by atoms with E-state index in [9.17, 15) is 13.2 Å². The van der Waals surface area contributed by atoms with Crippen LogP contribution < -0.4 is 14.4 Å². The number of hydrogen-bond donors (Lipinski definition) is 1. The number of nitrogens with zero attached hydrogens (tertiary/aromatic N) is 1. The van der Waals surface area contributed by atoms with Crippen LogP contribution in [0.15, 0.2) is 42.5 Å². The average molecular weight is 431 g/mol. The number of fused-ring (bicyclic) bond motifs is 1. The molecule has 2 aliphatic rings. The molecule has 1 atom stereocenters. The molecule has 0 unspecified atom stereocenters. The molecular formula is C22H26N2O5S. The van der Waals surface area contributed by atoms with Gasteiger partial charge < -0.3 is 14.4 Å². The number of anilines is 2. The second kappa shape index (κ2) is 8.65. The van der Waals surface area contributed by atoms with Crippen LogP contribution in [0.3, 0.4) is 0 Å². The standard InChI is InChI=1S/C22H26N2O5S/c1-28-19-8-4-16(5-9-19)11-14-30(26,27)23-18-7-6-17-10-12-24(20(17)15-18)22(25)21-3-2-13-29-21/h4-9,15,21,23H,2-3,10-14H2,1H3/t21-/m1/s1. The van der Waals surface area contributed by atoms with E-state index in [1.807, 2.05) is 30.3 Å². The predicted octanol–water partition coefficient (Wildman–Crippen LogP) is 2.75. The third kappa shape index (κ3) is 4.60. The van der Waals surface area contributed by atoms with Gasteiger partial charge in [0.1, 0.15) is 11.9 Å². The fourth-order valence-corrected chi connectivity index (χ4v) is 4.99. The molecule has 7 nitrogen and oxygen atoms in total. The zero-order chi connectivity index (χ0) is 21.1. The summed E-state index contributed by atoms with van der Waals surface area (Å²) in [5.41, 5.74) is 3.20. The van der Waals surface area contributed by atoms with Crippen molar-refractivity contribution >= 4 is 27.3 Å². The molecule has 0 aromatic heterocycles. The number of hydrogen-bond acceptors (Lipinski definition) is 5. The minimum Gasteiger partial charge on any atom is -0.497 e. The van der Waals surface area contributed by atoms with Crippen molar-refractivity contribution < 1.29 is 22.7 Å². The molecular weight excluding hydrogens is 404 g/mol. The fourth-order valence-electron chi connectivity index (χ4n) is 3.89. The van der Waals surface area contributed by atoms with Crippen LogP contribution in [-0.4, -0.2) is 46.4 Å². The number of ether oxygens (including phenoxy) is 2. The first-order valence-electron chi connectivity index (χ1n) is 10.1. The van der Waals surface area contributed by atoms with Gasteiger partial charge >= 0.3 is 0 Å². The summed E-state index contributed by atoms with van der Waals surface area (Å²) in [6.45, 7) is 1.22. The summed E-state index contributed by atoms with van der Waals surface area (Å²) in [5.74, 6) is 0.667. The second-order valence-corrected chi connectivity index (χ2v) is 9.45. The highest BCUT2D eigenvalue weighted by molar-refractivity contribution is 7.92. The van der Waals surface area contributed by atoms with Crippen LogP contribution in [0.4, 0.5) is 11.4 Å². The molecule has 160 valence electrons. The van der Waals surface area contributed by atoms with Crippen molar-refractivity contribution in [2.45, 2.75) is 31.8 Å². The lowest BCUT2D eigenvalue weighted by Gasteiger charge is -2.21. The van der Waals surface area contributed by atoms with Crippen LogP contribution in [0, 0.1) is 0 Å². The number of carbonyl (C=O) groups excluding carboxylic acids is 1. The van der Waals surface area contributed by atoms with Crippen molar-refractivity contribution in [3.8, 4) is 5.75 Å². The molecule has 0 spiro atoms. The van der Waals surface area contributed by atoms with Gasteiger partial charge in [0.25, 0.3) is 5.91 Å². The van der Waals surface area contributed by atoms with Gasteiger partial charge in [-0.25, -0.2) is 8.42 Å². The van der Waals surface area contributed by atoms with Gasteiger partial charge in [-0.1, -0.05) is 18.2 Å². The number of nitrogens with one attached hydrogen (secondary N) is 1. The maximum atomic E-state index is 12.8. The summed E-state index contributed by atoms with van der Waals surface area (Å²) < 4.78 is 38.5. The largest absolute Gasteiger partial charge is 0.497 e. The molecule has 2 aromatic rings. The van der Waals surface area contributed by atoms with Gasteiger partial charge in [-0.05, 0) is 61.1 Å². The number of rotatable bonds is 7. The number of carbonyl (C=O) groups is 1. The molecule has 1 N–H and O–H groups in total. The Morgan fingerprint density at radius 2 is 2.03 bits per heavy atom. The molecule has 2 heterocycles. The van der Waals surface area contributed by atoms with Crippen LogP contribution in [-0.2, 0) is 32.4 Å². The zero-order valence-electron chi connectivity index (χ0n) is 17.0. The second-order valence-electron chi connectivity index (χ2n) is 7.60. The van der Waals surface area contributed by atoms with E-state index < -0.39 is 10.0 Å². The summed E-state index contributed by atoms with van der Waals surface area (Å²) >= 11 is 0. The van der Waals surface area contributed by atoms with Crippen LogP contribution in [0.1, 0.15) is 24.0 Å². The van der Waals surface area contributed by atoms with Gasteiger partial charge in [0.15, 0.2) is 0 Å². The van der Waals surface area contributed by atoms with Crippen molar-refractivity contribution in [3.63, 3.8) is 0 Å². The molecule has 0 bridgehead atoms. The Labute approximate surface area is 177 Å². The topological polar surface area (TPSA) is 84.9 Å². The predicted molar refractivity (Wildman–Crippen MR) is 116 cm³/mol. The van der Waals surface area contributed by atoms with Gasteiger partial charge in [-0.3, -0.25) is 9.52 Å². The summed E-state index contributed by atoms with van der Waals surface area (Å²) in [5, 5.41) is 0. The van der Waals surface area contributed by atoms with Crippen molar-refractivity contribution in [2.75, 3.05) is 35.6 Å². The molecule has 4 rings (SSSR count). The van der Waals surface area contributed by atoms with Gasteiger partial charge in [0.05, 0.1) is 18.6 Å². The summed E-state index contributed by atoms with van der Waals surface area (Å²) in [7, 11) is -1.94. The Bertz CT molecular complexity index is 1010. The quantitative estimate of drug-likeness (QED) is 0.730. The van der Waals surface area contributed by atoms with Crippen molar-refractivity contribution in [1.82, 2.24) is 0 Å². The van der Waals surface area contributed by atoms with Crippen molar-refractivity contribution in [3.05, 3.63) is 53.6 Å². The number of benzene rings is 2. The number of sulfonamides is 1. The highest BCUT2D eigenvalue weighted by Gasteiger charge is 2.33. The number of aryl methyl sites for hydroxylation is 1. The Kier molecular flexibility index (Phi) is 5.97. The number of amides is 1. The molecule has 1 saturated heterocycles. The smallest absolute Gasteiger partial charge is 0.256 e. The third-order valence-electron chi connectivity index (χ3n) is 5.54. The Morgan fingerprint density at radius 1 is 1.23 bits per heavy atom. The first kappa shape index (κ1) is 20.7. The first-order chi connectivity index (χ1) is 14.4. The normalized spacial score (nSPS) is 18.3. The maximum absolute atomic E-state index is 12.8. The number of methoxy groups -OCH3 is 1. The van der Waals surface area contributed by atoms with E-state index in [2.05, 4.69) is 4.72 Å². The minimum absolute atomic E-state index is 0.0328. The first-order valence-corrected chi connectivity index (χ1v) is 11.8. The van der Waals surface area contributed by atoms with Gasteiger partial charge in [-0.15, -0.1) is 0 Å². The monoisotopic (exact) mass is 430 g/mol. The molecule has 2 aliphatic heterocycles. The SMILES string of the molecule is COc1ccc(CCS(=O)(=O)Nc2ccc3c(c2)N(C(=O)[C@H]2CCCO2)CC3)cc1. The molecule has 1 fully saturated rings. The summed E-state index contributed by atoms with van der Waals surface area (Å²) in [6, 6.07) is 12.7. The van der Waals surface area contributed by atoms with E-state index in [1.165, 1.54) is 0 Å². The van der Waals surface area contributed by atoms with Crippen LogP contribution >= 0.6 is 0 Å². The lowest BCUT2D eigenvalue weighted by Crippen LogP contribution is -2.37. The third-order valence-corrected chi connectivity index (χ3v) is 6.83. The van der Waals surface area contributed by atoms with E-state index in [1.54, 1.807) is 24.1 Å². The van der Waals surface area contributed by atoms with Crippen molar-refractivity contribution in [2.24, 2.45) is 0 Å². The van der Waals surface area contributed by atoms with Crippen LogP contribution in [0.25, 0.3) is 0 Å². The molecule has 0 aliphatic carbocycles. The minimum atomic E-state index is -3.53. The van der Waals surface area contributed by atoms with Gasteiger partial charge in [0, 0.05) is 18.8 Å². The summed E-state index contributed by atoms with van der Waals surface area (Å²) in [6.07, 6.45) is 2.40. The molecule has 0 saturated carbocycles. The Hall–Kier alpha value is -2.58. The van der Waals surface area contributed by atoms with E-state index in [0.717, 1.165) is 41.8 Å².